The minimum absolute atomic E-state index is 0.119. The van der Waals surface area contributed by atoms with Crippen LogP contribution in [0.3, 0.4) is 0 Å². The Kier molecular flexibility index (Phi) is 6.99. The number of aryl methyl sites for hydroxylation is 1. The number of halogens is 1. The average molecular weight is 452 g/mol. The molecule has 2 aromatic heterocycles. The van der Waals surface area contributed by atoms with Crippen LogP contribution >= 0.6 is 0 Å². The summed E-state index contributed by atoms with van der Waals surface area (Å²) in [7, 11) is 0. The lowest BCUT2D eigenvalue weighted by Crippen LogP contribution is -2.34. The molecule has 176 valence electrons. The van der Waals surface area contributed by atoms with Gasteiger partial charge in [-0.3, -0.25) is 4.90 Å². The van der Waals surface area contributed by atoms with E-state index in [0.717, 1.165) is 82.0 Å². The Labute approximate surface area is 195 Å². The molecule has 33 heavy (non-hydrogen) atoms. The molecule has 1 atom stereocenters. The van der Waals surface area contributed by atoms with Gasteiger partial charge in [-0.2, -0.15) is 5.10 Å². The molecule has 1 N–H and O–H groups in total. The summed E-state index contributed by atoms with van der Waals surface area (Å²) in [6.45, 7) is 8.18. The van der Waals surface area contributed by atoms with Crippen molar-refractivity contribution in [3.63, 3.8) is 0 Å². The van der Waals surface area contributed by atoms with E-state index in [0.29, 0.717) is 18.4 Å². The van der Waals surface area contributed by atoms with Crippen LogP contribution in [0.25, 0.3) is 5.65 Å². The van der Waals surface area contributed by atoms with Gasteiger partial charge in [-0.05, 0) is 63.7 Å². The lowest BCUT2D eigenvalue weighted by atomic mass is 9.94. The zero-order chi connectivity index (χ0) is 22.6. The number of likely N-dealkylation sites (tertiary alicyclic amines) is 1. The quantitative estimate of drug-likeness (QED) is 0.587. The van der Waals surface area contributed by atoms with E-state index in [1.807, 2.05) is 18.3 Å². The molecule has 2 fully saturated rings. The molecular weight excluding hydrogens is 417 g/mol. The monoisotopic (exact) mass is 451 g/mol. The third kappa shape index (κ3) is 5.10. The maximum atomic E-state index is 14.2. The number of ether oxygens (including phenoxy) is 1. The van der Waals surface area contributed by atoms with Crippen molar-refractivity contribution in [1.29, 1.82) is 0 Å². The predicted molar refractivity (Wildman–Crippen MR) is 127 cm³/mol. The third-order valence-corrected chi connectivity index (χ3v) is 7.20. The first-order chi connectivity index (χ1) is 16.2. The maximum Gasteiger partial charge on any atom is 0.159 e. The van der Waals surface area contributed by atoms with Crippen LogP contribution in [0.2, 0.25) is 0 Å². The van der Waals surface area contributed by atoms with Crippen LogP contribution in [0.1, 0.15) is 54.1 Å². The van der Waals surface area contributed by atoms with Crippen LogP contribution < -0.4 is 5.32 Å². The number of rotatable bonds is 7. The first kappa shape index (κ1) is 22.4. The number of aromatic nitrogens is 3. The van der Waals surface area contributed by atoms with Crippen molar-refractivity contribution in [3.8, 4) is 0 Å². The zero-order valence-corrected chi connectivity index (χ0v) is 19.5. The highest BCUT2D eigenvalue weighted by atomic mass is 19.1. The van der Waals surface area contributed by atoms with Crippen molar-refractivity contribution in [2.45, 2.75) is 51.6 Å². The molecule has 4 heterocycles. The van der Waals surface area contributed by atoms with Gasteiger partial charge in [0.25, 0.3) is 0 Å². The van der Waals surface area contributed by atoms with Gasteiger partial charge in [0.2, 0.25) is 0 Å². The minimum atomic E-state index is -0.119. The Morgan fingerprint density at radius 1 is 1.15 bits per heavy atom. The summed E-state index contributed by atoms with van der Waals surface area (Å²) >= 11 is 0. The van der Waals surface area contributed by atoms with Gasteiger partial charge in [0.05, 0.1) is 11.4 Å². The molecule has 0 saturated carbocycles. The number of benzene rings is 1. The molecule has 7 heteroatoms. The zero-order valence-electron chi connectivity index (χ0n) is 19.5. The molecular formula is C26H34FN5O. The van der Waals surface area contributed by atoms with Gasteiger partial charge in [0.15, 0.2) is 5.65 Å². The van der Waals surface area contributed by atoms with Crippen LogP contribution in [0, 0.1) is 18.7 Å². The molecule has 2 aliphatic rings. The van der Waals surface area contributed by atoms with Crippen LogP contribution in [-0.4, -0.2) is 52.3 Å². The van der Waals surface area contributed by atoms with E-state index in [-0.39, 0.29) is 5.82 Å². The van der Waals surface area contributed by atoms with Crippen molar-refractivity contribution < 1.29 is 9.13 Å². The summed E-state index contributed by atoms with van der Waals surface area (Å²) in [6, 6.07) is 9.21. The Morgan fingerprint density at radius 2 is 2.00 bits per heavy atom. The molecule has 0 radical (unpaired) electrons. The maximum absolute atomic E-state index is 14.2. The highest BCUT2D eigenvalue weighted by Crippen LogP contribution is 2.29. The number of nitrogens with one attached hydrogen (secondary N) is 1. The normalized spacial score (nSPS) is 20.5. The molecule has 0 amide bonds. The molecule has 6 nitrogen and oxygen atoms in total. The fourth-order valence-electron chi connectivity index (χ4n) is 5.29. The summed E-state index contributed by atoms with van der Waals surface area (Å²) < 4.78 is 21.7. The largest absolute Gasteiger partial charge is 0.381 e. The fourth-order valence-corrected chi connectivity index (χ4v) is 5.29. The van der Waals surface area contributed by atoms with Crippen molar-refractivity contribution in [2.75, 3.05) is 32.8 Å². The van der Waals surface area contributed by atoms with Gasteiger partial charge >= 0.3 is 0 Å². The summed E-state index contributed by atoms with van der Waals surface area (Å²) in [5.74, 6) is 0.928. The number of fused-ring (bicyclic) bond motifs is 1. The van der Waals surface area contributed by atoms with Crippen molar-refractivity contribution in [3.05, 3.63) is 64.9 Å². The van der Waals surface area contributed by atoms with E-state index < -0.39 is 0 Å². The summed E-state index contributed by atoms with van der Waals surface area (Å²) in [4.78, 5) is 7.07. The SMILES string of the molecule is Cc1nn2c([C@H]3CCCN(Cc4ccccc4F)C3)ccnc2c1CNCC1CCOCC1. The van der Waals surface area contributed by atoms with Crippen LogP contribution in [0.4, 0.5) is 4.39 Å². The molecule has 1 aromatic carbocycles. The van der Waals surface area contributed by atoms with Gasteiger partial charge in [-0.15, -0.1) is 0 Å². The van der Waals surface area contributed by atoms with E-state index in [1.165, 1.54) is 11.3 Å². The summed E-state index contributed by atoms with van der Waals surface area (Å²) in [5.41, 5.74) is 5.15. The second-order valence-corrected chi connectivity index (χ2v) is 9.52. The molecule has 2 saturated heterocycles. The lowest BCUT2D eigenvalue weighted by Gasteiger charge is -2.33. The van der Waals surface area contributed by atoms with Crippen LogP contribution in [0.15, 0.2) is 36.5 Å². The van der Waals surface area contributed by atoms with Crippen molar-refractivity contribution in [2.24, 2.45) is 5.92 Å². The molecule has 0 bridgehead atoms. The van der Waals surface area contributed by atoms with Gasteiger partial charge < -0.3 is 10.1 Å². The topological polar surface area (TPSA) is 54.7 Å². The number of hydrogen-bond acceptors (Lipinski definition) is 5. The smallest absolute Gasteiger partial charge is 0.159 e. The van der Waals surface area contributed by atoms with E-state index in [2.05, 4.69) is 27.7 Å². The molecule has 2 aliphatic heterocycles. The van der Waals surface area contributed by atoms with E-state index >= 15 is 0 Å². The Balaban J connectivity index is 1.30. The first-order valence-electron chi connectivity index (χ1n) is 12.3. The van der Waals surface area contributed by atoms with E-state index in [9.17, 15) is 4.39 Å². The predicted octanol–water partition coefficient (Wildman–Crippen LogP) is 4.07. The van der Waals surface area contributed by atoms with Gasteiger partial charge in [-0.1, -0.05) is 18.2 Å². The second kappa shape index (κ2) is 10.3. The Morgan fingerprint density at radius 3 is 2.85 bits per heavy atom. The average Bonchev–Trinajstić information content (AvgIpc) is 3.16. The molecule has 0 unspecified atom stereocenters. The highest BCUT2D eigenvalue weighted by Gasteiger charge is 2.25. The van der Waals surface area contributed by atoms with Crippen molar-refractivity contribution >= 4 is 5.65 Å². The summed E-state index contributed by atoms with van der Waals surface area (Å²) in [5, 5.41) is 8.53. The Bertz CT molecular complexity index is 1080. The lowest BCUT2D eigenvalue weighted by molar-refractivity contribution is 0.0662. The Hall–Kier alpha value is -2.35. The van der Waals surface area contributed by atoms with Crippen LogP contribution in [-0.2, 0) is 17.8 Å². The van der Waals surface area contributed by atoms with E-state index in [1.54, 1.807) is 12.1 Å². The number of hydrogen-bond donors (Lipinski definition) is 1. The summed E-state index contributed by atoms with van der Waals surface area (Å²) in [6.07, 6.45) is 6.40. The minimum Gasteiger partial charge on any atom is -0.381 e. The van der Waals surface area contributed by atoms with Gasteiger partial charge in [-0.25, -0.2) is 13.9 Å². The highest BCUT2D eigenvalue weighted by molar-refractivity contribution is 5.50. The van der Waals surface area contributed by atoms with Crippen molar-refractivity contribution in [1.82, 2.24) is 24.8 Å². The molecule has 3 aromatic rings. The van der Waals surface area contributed by atoms with Gasteiger partial charge in [0, 0.05) is 56.1 Å². The fraction of sp³-hybridized carbons (Fsp3) is 0.538. The third-order valence-electron chi connectivity index (χ3n) is 7.20. The molecule has 5 rings (SSSR count). The van der Waals surface area contributed by atoms with Crippen LogP contribution in [0.5, 0.6) is 0 Å². The standard InChI is InChI=1S/C26H34FN5O/c1-19-23(16-28-15-20-9-13-33-14-10-20)26-29-11-8-25(32(26)30-19)22-6-4-12-31(18-22)17-21-5-2-3-7-24(21)27/h2-3,5,7-8,11,20,22,28H,4,6,9-10,12-18H2,1H3/t22-/m0/s1. The molecule has 0 spiro atoms. The molecule has 0 aliphatic carbocycles. The van der Waals surface area contributed by atoms with Gasteiger partial charge in [0.1, 0.15) is 5.82 Å². The first-order valence-corrected chi connectivity index (χ1v) is 12.3. The number of piperidine rings is 1. The number of nitrogens with zero attached hydrogens (tertiary/aromatic N) is 4. The van der Waals surface area contributed by atoms with E-state index in [4.69, 9.17) is 14.8 Å². The second-order valence-electron chi connectivity index (χ2n) is 9.52.